The largest absolute Gasteiger partial charge is 0.467 e. The van der Waals surface area contributed by atoms with E-state index in [4.69, 9.17) is 4.74 Å². The Balaban J connectivity index is 1.22. The van der Waals surface area contributed by atoms with Crippen LogP contribution in [0.2, 0.25) is 0 Å². The summed E-state index contributed by atoms with van der Waals surface area (Å²) in [6.45, 7) is 10.1. The van der Waals surface area contributed by atoms with Crippen molar-refractivity contribution >= 4 is 35.5 Å². The summed E-state index contributed by atoms with van der Waals surface area (Å²) < 4.78 is 5.21. The van der Waals surface area contributed by atoms with E-state index in [-0.39, 0.29) is 49.1 Å². The molecule has 1 aromatic heterocycles. The zero-order valence-electron chi connectivity index (χ0n) is 30.5. The van der Waals surface area contributed by atoms with Gasteiger partial charge in [-0.2, -0.15) is 0 Å². The quantitative estimate of drug-likeness (QED) is 0.279. The first kappa shape index (κ1) is 36.0. The maximum Gasteiger partial charge on any atom is 0.332 e. The van der Waals surface area contributed by atoms with Crippen molar-refractivity contribution in [3.8, 4) is 0 Å². The van der Waals surface area contributed by atoms with Crippen molar-refractivity contribution in [2.24, 2.45) is 17.3 Å². The molecule has 2 N–H and O–H groups in total. The fourth-order valence-corrected chi connectivity index (χ4v) is 9.63. The summed E-state index contributed by atoms with van der Waals surface area (Å²) in [6.07, 6.45) is 12.2. The molecule has 1 spiro atoms. The van der Waals surface area contributed by atoms with E-state index in [9.17, 15) is 24.0 Å². The van der Waals surface area contributed by atoms with Crippen LogP contribution in [0, 0.1) is 17.3 Å². The Morgan fingerprint density at radius 1 is 0.981 bits per heavy atom. The van der Waals surface area contributed by atoms with Crippen LogP contribution in [0.1, 0.15) is 89.0 Å². The smallest absolute Gasteiger partial charge is 0.332 e. The SMILES string of the molecule is C=C[C@@H]1C[C@@]1(C(=O)OC)N1CN2C(=O)C3CCCN3C23C[C@@H](C1=O)N(C(=O)[C@@H](NC(=O)[C@@H](NC(=O)c1cnccn1)C1CCCCC1)C(C)(C)C)C3. The van der Waals surface area contributed by atoms with E-state index in [0.29, 0.717) is 19.4 Å². The van der Waals surface area contributed by atoms with E-state index in [2.05, 4.69) is 32.1 Å². The highest BCUT2D eigenvalue weighted by atomic mass is 16.5. The molecule has 15 nitrogen and oxygen atoms in total. The average Bonchev–Trinajstić information content (AvgIpc) is 3.40. The predicted octanol–water partition coefficient (Wildman–Crippen LogP) is 1.21. The number of carbonyl (C=O) groups excluding carboxylic acids is 6. The fourth-order valence-electron chi connectivity index (χ4n) is 9.63. The number of methoxy groups -OCH3 is 1. The topological polar surface area (TPSA) is 174 Å². The van der Waals surface area contributed by atoms with Crippen LogP contribution in [-0.2, 0) is 28.7 Å². The lowest BCUT2D eigenvalue weighted by Gasteiger charge is -2.44. The molecule has 6 fully saturated rings. The molecule has 280 valence electrons. The number of aromatic nitrogens is 2. The molecule has 52 heavy (non-hydrogen) atoms. The predicted molar refractivity (Wildman–Crippen MR) is 185 cm³/mol. The van der Waals surface area contributed by atoms with E-state index in [0.717, 1.165) is 38.5 Å². The van der Waals surface area contributed by atoms with Gasteiger partial charge in [0.05, 0.1) is 32.6 Å². The van der Waals surface area contributed by atoms with Gasteiger partial charge in [-0.1, -0.05) is 46.1 Å². The second-order valence-electron chi connectivity index (χ2n) is 16.4. The molecule has 4 saturated heterocycles. The number of rotatable bonds is 9. The summed E-state index contributed by atoms with van der Waals surface area (Å²) in [5.74, 6) is -3.13. The number of nitrogens with one attached hydrogen (secondary N) is 2. The number of nitrogens with zero attached hydrogens (tertiary/aromatic N) is 6. The van der Waals surface area contributed by atoms with Crippen molar-refractivity contribution in [2.75, 3.05) is 26.9 Å². The summed E-state index contributed by atoms with van der Waals surface area (Å²) in [5, 5.41) is 5.91. The highest BCUT2D eigenvalue weighted by Gasteiger charge is 2.72. The molecule has 2 saturated carbocycles. The van der Waals surface area contributed by atoms with Gasteiger partial charge in [0.25, 0.3) is 5.91 Å². The van der Waals surface area contributed by atoms with E-state index >= 15 is 4.79 Å². The third kappa shape index (κ3) is 5.66. The Bertz CT molecular complexity index is 1660. The summed E-state index contributed by atoms with van der Waals surface area (Å²) in [7, 11) is 1.28. The number of ether oxygens (including phenoxy) is 1. The number of carbonyl (C=O) groups is 6. The van der Waals surface area contributed by atoms with Crippen LogP contribution >= 0.6 is 0 Å². The summed E-state index contributed by atoms with van der Waals surface area (Å²) in [4.78, 5) is 99.8. The lowest BCUT2D eigenvalue weighted by molar-refractivity contribution is -0.164. The highest BCUT2D eigenvalue weighted by Crippen LogP contribution is 2.55. The Morgan fingerprint density at radius 2 is 1.71 bits per heavy atom. The molecule has 2 unspecified atom stereocenters. The number of hydrogen-bond acceptors (Lipinski definition) is 10. The fraction of sp³-hybridized carbons (Fsp3) is 0.676. The molecule has 0 aromatic carbocycles. The van der Waals surface area contributed by atoms with Gasteiger partial charge in [-0.25, -0.2) is 9.78 Å². The van der Waals surface area contributed by atoms with Crippen LogP contribution in [0.25, 0.3) is 0 Å². The molecular weight excluding hydrogens is 668 g/mol. The molecule has 6 aliphatic rings. The summed E-state index contributed by atoms with van der Waals surface area (Å²) in [5.41, 5.74) is -3.00. The number of fused-ring (bicyclic) bond motifs is 2. The van der Waals surface area contributed by atoms with Crippen molar-refractivity contribution in [2.45, 2.75) is 114 Å². The summed E-state index contributed by atoms with van der Waals surface area (Å²) in [6, 6.07) is -3.39. The van der Waals surface area contributed by atoms with Crippen LogP contribution < -0.4 is 10.6 Å². The van der Waals surface area contributed by atoms with Crippen LogP contribution in [0.4, 0.5) is 0 Å². The van der Waals surface area contributed by atoms with E-state index < -0.39 is 64.3 Å². The van der Waals surface area contributed by atoms with Crippen molar-refractivity contribution in [1.29, 1.82) is 0 Å². The van der Waals surface area contributed by atoms with Crippen LogP contribution in [0.5, 0.6) is 0 Å². The molecule has 2 aliphatic carbocycles. The van der Waals surface area contributed by atoms with Gasteiger partial charge < -0.3 is 30.1 Å². The number of likely N-dealkylation sites (tertiary alicyclic amines) is 1. The lowest BCUT2D eigenvalue weighted by Crippen LogP contribution is -2.65. The van der Waals surface area contributed by atoms with E-state index in [1.165, 1.54) is 35.5 Å². The van der Waals surface area contributed by atoms with Crippen LogP contribution in [0.15, 0.2) is 31.2 Å². The second-order valence-corrected chi connectivity index (χ2v) is 16.4. The first-order valence-corrected chi connectivity index (χ1v) is 18.6. The minimum Gasteiger partial charge on any atom is -0.467 e. The first-order valence-electron chi connectivity index (χ1n) is 18.6. The molecule has 7 rings (SSSR count). The van der Waals surface area contributed by atoms with E-state index in [1.807, 2.05) is 20.8 Å². The van der Waals surface area contributed by atoms with Gasteiger partial charge in [0, 0.05) is 31.3 Å². The molecule has 7 atom stereocenters. The van der Waals surface area contributed by atoms with E-state index in [1.54, 1.807) is 11.0 Å². The van der Waals surface area contributed by atoms with Gasteiger partial charge in [0.15, 0.2) is 0 Å². The van der Waals surface area contributed by atoms with Crippen molar-refractivity contribution in [3.63, 3.8) is 0 Å². The molecule has 5 heterocycles. The minimum atomic E-state index is -1.33. The zero-order chi connectivity index (χ0) is 37.2. The average molecular weight is 719 g/mol. The Kier molecular flexibility index (Phi) is 9.15. The van der Waals surface area contributed by atoms with Crippen LogP contribution in [0.3, 0.4) is 0 Å². The van der Waals surface area contributed by atoms with Gasteiger partial charge in [0.1, 0.15) is 35.0 Å². The molecule has 15 heteroatoms. The number of hydrogen-bond donors (Lipinski definition) is 2. The van der Waals surface area contributed by atoms with Crippen molar-refractivity contribution < 1.29 is 33.5 Å². The first-order chi connectivity index (χ1) is 24.8. The maximum atomic E-state index is 15.0. The van der Waals surface area contributed by atoms with Gasteiger partial charge in [-0.3, -0.25) is 33.9 Å². The molecule has 2 bridgehead atoms. The van der Waals surface area contributed by atoms with Crippen LogP contribution in [-0.4, -0.2) is 127 Å². The lowest BCUT2D eigenvalue weighted by atomic mass is 9.82. The van der Waals surface area contributed by atoms with Crippen molar-refractivity contribution in [1.82, 2.24) is 40.2 Å². The molecule has 0 radical (unpaired) electrons. The highest BCUT2D eigenvalue weighted by molar-refractivity contribution is 6.00. The van der Waals surface area contributed by atoms with Gasteiger partial charge in [0.2, 0.25) is 23.6 Å². The standard InChI is InChI=1S/C37H50N8O7/c1-6-23-17-37(23,34(51)52-5)45-21-44-31(48)25-13-10-16-43(25)36(44)18-26(32(45)49)42(20-36)33(50)28(35(2,3)4)41-30(47)27(22-11-8-7-9-12-22)40-29(46)24-19-38-14-15-39-24/h6,14-15,19,22-23,25-28H,1,7-13,16-18,20-21H2,2-5H3,(H,40,46)(H,41,47)/t23-,25?,26+,27+,28-,36?,37-/m1/s1. The second kappa shape index (κ2) is 13.2. The zero-order valence-corrected chi connectivity index (χ0v) is 30.5. The maximum absolute atomic E-state index is 15.0. The Labute approximate surface area is 303 Å². The van der Waals surface area contributed by atoms with Crippen molar-refractivity contribution in [3.05, 3.63) is 36.9 Å². The van der Waals surface area contributed by atoms with Gasteiger partial charge >= 0.3 is 5.97 Å². The normalized spacial score (nSPS) is 31.3. The Hall–Kier alpha value is -4.40. The third-order valence-corrected chi connectivity index (χ3v) is 12.5. The van der Waals surface area contributed by atoms with Gasteiger partial charge in [-0.05, 0) is 43.4 Å². The monoisotopic (exact) mass is 718 g/mol. The number of amides is 5. The summed E-state index contributed by atoms with van der Waals surface area (Å²) >= 11 is 0. The Morgan fingerprint density at radius 3 is 2.35 bits per heavy atom. The molecular formula is C37H50N8O7. The molecule has 5 amide bonds. The minimum absolute atomic E-state index is 0.0808. The molecule has 1 aromatic rings. The van der Waals surface area contributed by atoms with Gasteiger partial charge in [-0.15, -0.1) is 6.58 Å². The third-order valence-electron chi connectivity index (χ3n) is 12.5. The number of esters is 1. The molecule has 4 aliphatic heterocycles.